The average Bonchev–Trinajstić information content (AvgIpc) is 3.01. The number of nitrogens with two attached hydrogens (primary N) is 1. The first-order valence-electron chi connectivity index (χ1n) is 7.86. The van der Waals surface area contributed by atoms with Crippen LogP contribution in [0.5, 0.6) is 0 Å². The molecule has 7 nitrogen and oxygen atoms in total. The minimum absolute atomic E-state index is 0.0357. The van der Waals surface area contributed by atoms with Crippen molar-refractivity contribution in [3.8, 4) is 0 Å². The molecule has 2 amide bonds. The molecule has 0 aromatic rings. The van der Waals surface area contributed by atoms with Crippen LogP contribution in [-0.2, 0) is 9.59 Å². The van der Waals surface area contributed by atoms with Crippen LogP contribution in [0.1, 0.15) is 32.1 Å². The van der Waals surface area contributed by atoms with Crippen LogP contribution in [0.25, 0.3) is 0 Å². The molecular formula is C14H27N5O2S2. The quantitative estimate of drug-likeness (QED) is 0.198. The molecule has 1 aliphatic heterocycles. The van der Waals surface area contributed by atoms with Crippen LogP contribution in [0.2, 0.25) is 0 Å². The van der Waals surface area contributed by atoms with Crippen LogP contribution in [0.3, 0.4) is 0 Å². The molecule has 0 aliphatic carbocycles. The molecule has 0 unspecified atom stereocenters. The number of unbranched alkanes of at least 4 members (excludes halogenated alkanes) is 1. The fourth-order valence-corrected chi connectivity index (χ4v) is 5.10. The summed E-state index contributed by atoms with van der Waals surface area (Å²) in [6.07, 6.45) is 5.05. The van der Waals surface area contributed by atoms with Crippen molar-refractivity contribution in [3.05, 3.63) is 0 Å². The van der Waals surface area contributed by atoms with Crippen LogP contribution in [0, 0.1) is 5.41 Å². The zero-order chi connectivity index (χ0) is 17.1. The SMILES string of the molecule is CN(CC(=O)NCCNC(=O)CCCC[C@@H]1CCSS1)C(=N)N. The Hall–Kier alpha value is -1.09. The van der Waals surface area contributed by atoms with Gasteiger partial charge in [-0.15, -0.1) is 0 Å². The van der Waals surface area contributed by atoms with E-state index < -0.39 is 0 Å². The first-order valence-corrected chi connectivity index (χ1v) is 10.2. The molecule has 1 heterocycles. The summed E-state index contributed by atoms with van der Waals surface area (Å²) >= 11 is 0. The van der Waals surface area contributed by atoms with E-state index in [2.05, 4.69) is 10.6 Å². The molecule has 1 aliphatic rings. The Bertz CT molecular complexity index is 403. The Labute approximate surface area is 145 Å². The molecule has 0 bridgehead atoms. The molecule has 132 valence electrons. The number of hydrogen-bond acceptors (Lipinski definition) is 5. The first-order chi connectivity index (χ1) is 11.0. The molecule has 0 aromatic carbocycles. The lowest BCUT2D eigenvalue weighted by atomic mass is 10.1. The van der Waals surface area contributed by atoms with E-state index in [1.807, 2.05) is 21.6 Å². The zero-order valence-corrected chi connectivity index (χ0v) is 15.2. The van der Waals surface area contributed by atoms with Gasteiger partial charge in [0.2, 0.25) is 11.8 Å². The molecule has 0 saturated carbocycles. The molecule has 1 saturated heterocycles. The van der Waals surface area contributed by atoms with Crippen LogP contribution >= 0.6 is 21.6 Å². The van der Waals surface area contributed by atoms with E-state index in [0.29, 0.717) is 19.5 Å². The Morgan fingerprint density at radius 3 is 2.57 bits per heavy atom. The van der Waals surface area contributed by atoms with Gasteiger partial charge in [0.25, 0.3) is 0 Å². The molecule has 1 fully saturated rings. The lowest BCUT2D eigenvalue weighted by molar-refractivity contribution is -0.123. The standard InChI is InChI=1S/C14H27N5O2S2/c1-19(14(15)16)10-13(21)18-8-7-17-12(20)5-3-2-4-11-6-9-22-23-11/h11H,2-10H2,1H3,(H3,15,16)(H,17,20)(H,18,21)/t11-/m1/s1. The second-order valence-corrected chi connectivity index (χ2v) is 8.30. The summed E-state index contributed by atoms with van der Waals surface area (Å²) in [7, 11) is 5.50. The number of nitrogens with zero attached hydrogens (tertiary/aromatic N) is 1. The predicted octanol–water partition coefficient (Wildman–Crippen LogP) is 0.758. The third-order valence-corrected chi connectivity index (χ3v) is 6.48. The molecular weight excluding hydrogens is 334 g/mol. The Morgan fingerprint density at radius 1 is 1.26 bits per heavy atom. The van der Waals surface area contributed by atoms with Gasteiger partial charge < -0.3 is 21.3 Å². The number of nitrogens with one attached hydrogen (secondary N) is 3. The van der Waals surface area contributed by atoms with Gasteiger partial charge in [-0.3, -0.25) is 15.0 Å². The van der Waals surface area contributed by atoms with E-state index in [-0.39, 0.29) is 24.3 Å². The normalized spacial score (nSPS) is 16.8. The highest BCUT2D eigenvalue weighted by molar-refractivity contribution is 8.77. The monoisotopic (exact) mass is 361 g/mol. The summed E-state index contributed by atoms with van der Waals surface area (Å²) in [6, 6.07) is 0. The van der Waals surface area contributed by atoms with Crippen molar-refractivity contribution in [3.63, 3.8) is 0 Å². The van der Waals surface area contributed by atoms with Crippen molar-refractivity contribution in [1.29, 1.82) is 5.41 Å². The summed E-state index contributed by atoms with van der Waals surface area (Å²) in [5.41, 5.74) is 5.25. The van der Waals surface area contributed by atoms with Crippen molar-refractivity contribution in [1.82, 2.24) is 15.5 Å². The highest BCUT2D eigenvalue weighted by Gasteiger charge is 2.15. The fraction of sp³-hybridized carbons (Fsp3) is 0.786. The van der Waals surface area contributed by atoms with E-state index in [1.165, 1.54) is 23.5 Å². The molecule has 9 heteroatoms. The number of carbonyl (C=O) groups is 2. The van der Waals surface area contributed by atoms with Crippen molar-refractivity contribution in [2.45, 2.75) is 37.4 Å². The number of likely N-dealkylation sites (N-methyl/N-ethyl adjacent to an activating group) is 1. The molecule has 0 radical (unpaired) electrons. The Balaban J connectivity index is 1.94. The molecule has 1 atom stereocenters. The number of guanidine groups is 1. The van der Waals surface area contributed by atoms with Gasteiger partial charge in [-0.1, -0.05) is 28.0 Å². The van der Waals surface area contributed by atoms with Gasteiger partial charge in [0.15, 0.2) is 5.96 Å². The number of carbonyl (C=O) groups excluding carboxylic acids is 2. The molecule has 0 aromatic heterocycles. The minimum Gasteiger partial charge on any atom is -0.370 e. The maximum Gasteiger partial charge on any atom is 0.239 e. The van der Waals surface area contributed by atoms with Crippen LogP contribution in [0.15, 0.2) is 0 Å². The van der Waals surface area contributed by atoms with Gasteiger partial charge >= 0.3 is 0 Å². The van der Waals surface area contributed by atoms with E-state index >= 15 is 0 Å². The summed E-state index contributed by atoms with van der Waals surface area (Å²) in [6.45, 7) is 0.844. The summed E-state index contributed by atoms with van der Waals surface area (Å²) in [4.78, 5) is 24.5. The highest BCUT2D eigenvalue weighted by Crippen LogP contribution is 2.39. The van der Waals surface area contributed by atoms with Gasteiger partial charge in [-0.05, 0) is 19.3 Å². The maximum absolute atomic E-state index is 11.7. The largest absolute Gasteiger partial charge is 0.370 e. The maximum atomic E-state index is 11.7. The lowest BCUT2D eigenvalue weighted by Crippen LogP contribution is -2.43. The van der Waals surface area contributed by atoms with Crippen molar-refractivity contribution >= 4 is 39.4 Å². The van der Waals surface area contributed by atoms with Gasteiger partial charge in [0.05, 0.1) is 6.54 Å². The summed E-state index contributed by atoms with van der Waals surface area (Å²) in [5.74, 6) is 0.921. The summed E-state index contributed by atoms with van der Waals surface area (Å²) in [5, 5.41) is 13.4. The molecule has 1 rings (SSSR count). The first kappa shape index (κ1) is 20.0. The van der Waals surface area contributed by atoms with Crippen molar-refractivity contribution in [2.75, 3.05) is 32.4 Å². The summed E-state index contributed by atoms with van der Waals surface area (Å²) < 4.78 is 0. The molecule has 5 N–H and O–H groups in total. The van der Waals surface area contributed by atoms with Gasteiger partial charge in [0.1, 0.15) is 0 Å². The van der Waals surface area contributed by atoms with Crippen molar-refractivity contribution < 1.29 is 9.59 Å². The highest BCUT2D eigenvalue weighted by atomic mass is 33.1. The number of rotatable bonds is 10. The fourth-order valence-electron chi connectivity index (χ4n) is 2.07. The third kappa shape index (κ3) is 9.60. The van der Waals surface area contributed by atoms with Gasteiger partial charge in [-0.2, -0.15) is 0 Å². The predicted molar refractivity (Wildman–Crippen MR) is 97.5 cm³/mol. The van der Waals surface area contributed by atoms with E-state index in [4.69, 9.17) is 11.1 Å². The smallest absolute Gasteiger partial charge is 0.239 e. The lowest BCUT2D eigenvalue weighted by Gasteiger charge is -2.15. The van der Waals surface area contributed by atoms with Gasteiger partial charge in [0, 0.05) is 37.6 Å². The zero-order valence-electron chi connectivity index (χ0n) is 13.6. The number of amides is 2. The molecule has 0 spiro atoms. The minimum atomic E-state index is -0.219. The topological polar surface area (TPSA) is 111 Å². The van der Waals surface area contributed by atoms with Crippen molar-refractivity contribution in [2.24, 2.45) is 5.73 Å². The van der Waals surface area contributed by atoms with E-state index in [0.717, 1.165) is 18.1 Å². The Kier molecular flexibility index (Phi) is 9.93. The second-order valence-electron chi connectivity index (χ2n) is 5.52. The van der Waals surface area contributed by atoms with E-state index in [1.54, 1.807) is 7.05 Å². The van der Waals surface area contributed by atoms with E-state index in [9.17, 15) is 9.59 Å². The Morgan fingerprint density at radius 2 is 1.96 bits per heavy atom. The second kappa shape index (κ2) is 11.4. The third-order valence-electron chi connectivity index (χ3n) is 3.47. The van der Waals surface area contributed by atoms with Crippen LogP contribution in [-0.4, -0.2) is 60.4 Å². The van der Waals surface area contributed by atoms with Crippen LogP contribution in [0.4, 0.5) is 0 Å². The van der Waals surface area contributed by atoms with Gasteiger partial charge in [-0.25, -0.2) is 0 Å². The molecule has 23 heavy (non-hydrogen) atoms. The average molecular weight is 362 g/mol. The number of hydrogen-bond donors (Lipinski definition) is 4. The van der Waals surface area contributed by atoms with Crippen LogP contribution < -0.4 is 16.4 Å².